The molecule has 0 saturated carbocycles. The van der Waals surface area contributed by atoms with Crippen molar-refractivity contribution in [3.8, 4) is 5.75 Å². The van der Waals surface area contributed by atoms with E-state index in [1.807, 2.05) is 31.2 Å². The van der Waals surface area contributed by atoms with E-state index in [0.717, 1.165) is 11.1 Å². The zero-order valence-electron chi connectivity index (χ0n) is 13.6. The summed E-state index contributed by atoms with van der Waals surface area (Å²) in [6, 6.07) is 15.0. The molecule has 0 unspecified atom stereocenters. The van der Waals surface area contributed by atoms with Gasteiger partial charge in [0.2, 0.25) is 5.91 Å². The van der Waals surface area contributed by atoms with Gasteiger partial charge in [-0.05, 0) is 36.3 Å². The Kier molecular flexibility index (Phi) is 5.73. The normalized spacial score (nSPS) is 11.0. The zero-order chi connectivity index (χ0) is 17.5. The van der Waals surface area contributed by atoms with Crippen LogP contribution in [0, 0.1) is 6.92 Å². The summed E-state index contributed by atoms with van der Waals surface area (Å²) in [4.78, 5) is 22.2. The molecule has 0 atom stereocenters. The first-order valence-electron chi connectivity index (χ1n) is 7.45. The third kappa shape index (κ3) is 5.28. The number of hydrogen-bond donors (Lipinski definition) is 2. The average Bonchev–Trinajstić information content (AvgIpc) is 2.52. The minimum Gasteiger partial charge on any atom is -0.489 e. The van der Waals surface area contributed by atoms with Crippen LogP contribution in [0.1, 0.15) is 23.6 Å². The number of ether oxygens (including phenoxy) is 1. The van der Waals surface area contributed by atoms with Gasteiger partial charge in [-0.2, -0.15) is 0 Å². The fourth-order valence-electron chi connectivity index (χ4n) is 2.17. The Morgan fingerprint density at radius 3 is 2.58 bits per heavy atom. The molecule has 5 heteroatoms. The van der Waals surface area contributed by atoms with Crippen LogP contribution in [0.2, 0.25) is 0 Å². The monoisotopic (exact) mass is 325 g/mol. The molecule has 0 spiro atoms. The number of amides is 1. The van der Waals surface area contributed by atoms with Crippen molar-refractivity contribution in [3.63, 3.8) is 0 Å². The van der Waals surface area contributed by atoms with Crippen LogP contribution in [-0.2, 0) is 16.2 Å². The number of carboxylic acids is 1. The Bertz CT molecular complexity index is 780. The van der Waals surface area contributed by atoms with Crippen molar-refractivity contribution in [2.75, 3.05) is 0 Å². The summed E-state index contributed by atoms with van der Waals surface area (Å²) in [5.74, 6) is -1.01. The first kappa shape index (κ1) is 17.3. The maximum Gasteiger partial charge on any atom is 0.352 e. The van der Waals surface area contributed by atoms with Crippen molar-refractivity contribution in [2.45, 2.75) is 20.5 Å². The number of rotatable bonds is 6. The highest BCUT2D eigenvalue weighted by Gasteiger charge is 2.09. The molecule has 0 aliphatic carbocycles. The Hall–Kier alpha value is -3.08. The third-order valence-electron chi connectivity index (χ3n) is 3.20. The van der Waals surface area contributed by atoms with E-state index in [2.05, 4.69) is 5.32 Å². The molecule has 0 fully saturated rings. The highest BCUT2D eigenvalue weighted by Crippen LogP contribution is 2.17. The summed E-state index contributed by atoms with van der Waals surface area (Å²) in [6.07, 6.45) is 1.39. The lowest BCUT2D eigenvalue weighted by Gasteiger charge is -2.08. The molecule has 5 nitrogen and oxygen atoms in total. The molecule has 0 aromatic heterocycles. The number of carbonyl (C=O) groups is 2. The number of aryl methyl sites for hydroxylation is 1. The Morgan fingerprint density at radius 1 is 1.17 bits per heavy atom. The molecule has 2 rings (SSSR count). The van der Waals surface area contributed by atoms with Crippen LogP contribution < -0.4 is 10.1 Å². The number of aliphatic carboxylic acids is 1. The van der Waals surface area contributed by atoms with Gasteiger partial charge in [0.25, 0.3) is 0 Å². The predicted octanol–water partition coefficient (Wildman–Crippen LogP) is 3.14. The maximum absolute atomic E-state index is 11.2. The van der Waals surface area contributed by atoms with Gasteiger partial charge in [-0.1, -0.05) is 42.0 Å². The van der Waals surface area contributed by atoms with Gasteiger partial charge in [0.1, 0.15) is 18.1 Å². The largest absolute Gasteiger partial charge is 0.489 e. The van der Waals surface area contributed by atoms with E-state index in [1.165, 1.54) is 13.0 Å². The summed E-state index contributed by atoms with van der Waals surface area (Å²) < 4.78 is 5.75. The molecule has 0 radical (unpaired) electrons. The van der Waals surface area contributed by atoms with Crippen molar-refractivity contribution < 1.29 is 19.4 Å². The molecule has 124 valence electrons. The van der Waals surface area contributed by atoms with E-state index in [4.69, 9.17) is 9.84 Å². The molecule has 2 aromatic carbocycles. The number of benzene rings is 2. The van der Waals surface area contributed by atoms with Crippen molar-refractivity contribution >= 4 is 18.0 Å². The molecule has 0 aliphatic heterocycles. The first-order chi connectivity index (χ1) is 11.4. The minimum atomic E-state index is -1.20. The fourth-order valence-corrected chi connectivity index (χ4v) is 2.17. The van der Waals surface area contributed by atoms with Crippen LogP contribution in [0.15, 0.2) is 54.2 Å². The second-order valence-corrected chi connectivity index (χ2v) is 5.39. The predicted molar refractivity (Wildman–Crippen MR) is 91.4 cm³/mol. The van der Waals surface area contributed by atoms with E-state index in [9.17, 15) is 9.59 Å². The van der Waals surface area contributed by atoms with Crippen LogP contribution in [0.25, 0.3) is 6.08 Å². The summed E-state index contributed by atoms with van der Waals surface area (Å²) in [5.41, 5.74) is 2.66. The van der Waals surface area contributed by atoms with Gasteiger partial charge in [0, 0.05) is 6.92 Å². The van der Waals surface area contributed by atoms with E-state index in [1.54, 1.807) is 24.3 Å². The average molecular weight is 325 g/mol. The molecule has 2 aromatic rings. The van der Waals surface area contributed by atoms with Crippen molar-refractivity contribution in [1.82, 2.24) is 5.32 Å². The molecule has 0 bridgehead atoms. The highest BCUT2D eigenvalue weighted by atomic mass is 16.5. The molecule has 1 amide bonds. The van der Waals surface area contributed by atoms with E-state index in [-0.39, 0.29) is 5.70 Å². The summed E-state index contributed by atoms with van der Waals surface area (Å²) in [5, 5.41) is 11.4. The lowest BCUT2D eigenvalue weighted by molar-refractivity contribution is -0.134. The summed E-state index contributed by atoms with van der Waals surface area (Å²) in [7, 11) is 0. The molecular weight excluding hydrogens is 306 g/mol. The second-order valence-electron chi connectivity index (χ2n) is 5.39. The topological polar surface area (TPSA) is 75.6 Å². The third-order valence-corrected chi connectivity index (χ3v) is 3.20. The number of hydrogen-bond acceptors (Lipinski definition) is 3. The molecule has 2 N–H and O–H groups in total. The van der Waals surface area contributed by atoms with Gasteiger partial charge in [0.05, 0.1) is 0 Å². The second kappa shape index (κ2) is 7.97. The number of carboxylic acid groups (broad SMARTS) is 1. The van der Waals surface area contributed by atoms with Crippen LogP contribution >= 0.6 is 0 Å². The quantitative estimate of drug-likeness (QED) is 0.800. The highest BCUT2D eigenvalue weighted by molar-refractivity contribution is 5.96. The first-order valence-corrected chi connectivity index (χ1v) is 7.45. The van der Waals surface area contributed by atoms with Crippen molar-refractivity contribution in [3.05, 3.63) is 70.9 Å². The van der Waals surface area contributed by atoms with Crippen LogP contribution in [-0.4, -0.2) is 17.0 Å². The number of carbonyl (C=O) groups excluding carboxylic acids is 1. The lowest BCUT2D eigenvalue weighted by atomic mass is 10.1. The van der Waals surface area contributed by atoms with Gasteiger partial charge in [0.15, 0.2) is 0 Å². The smallest absolute Gasteiger partial charge is 0.352 e. The van der Waals surface area contributed by atoms with Crippen molar-refractivity contribution in [2.24, 2.45) is 0 Å². The van der Waals surface area contributed by atoms with E-state index >= 15 is 0 Å². The van der Waals surface area contributed by atoms with E-state index < -0.39 is 11.9 Å². The molecule has 0 saturated heterocycles. The summed E-state index contributed by atoms with van der Waals surface area (Å²) in [6.45, 7) is 3.70. The van der Waals surface area contributed by atoms with E-state index in [0.29, 0.717) is 17.9 Å². The lowest BCUT2D eigenvalue weighted by Crippen LogP contribution is -2.24. The number of nitrogens with one attached hydrogen (secondary N) is 1. The maximum atomic E-state index is 11.2. The van der Waals surface area contributed by atoms with Gasteiger partial charge in [-0.3, -0.25) is 4.79 Å². The van der Waals surface area contributed by atoms with Gasteiger partial charge >= 0.3 is 5.97 Å². The minimum absolute atomic E-state index is 0.182. The van der Waals surface area contributed by atoms with Crippen molar-refractivity contribution in [1.29, 1.82) is 0 Å². The Balaban J connectivity index is 2.13. The van der Waals surface area contributed by atoms with Crippen LogP contribution in [0.4, 0.5) is 0 Å². The molecule has 0 heterocycles. The Labute approximate surface area is 140 Å². The summed E-state index contributed by atoms with van der Waals surface area (Å²) >= 11 is 0. The molecule has 24 heavy (non-hydrogen) atoms. The Morgan fingerprint density at radius 2 is 1.92 bits per heavy atom. The SMILES string of the molecule is CC(=O)N/C(=C/c1cccc(OCc2cccc(C)c2)c1)C(=O)O. The van der Waals surface area contributed by atoms with Gasteiger partial charge < -0.3 is 15.2 Å². The van der Waals surface area contributed by atoms with Gasteiger partial charge in [-0.25, -0.2) is 4.79 Å². The van der Waals surface area contributed by atoms with Gasteiger partial charge in [-0.15, -0.1) is 0 Å². The van der Waals surface area contributed by atoms with Crippen LogP contribution in [0.5, 0.6) is 5.75 Å². The zero-order valence-corrected chi connectivity index (χ0v) is 13.6. The molecular formula is C19H19NO4. The standard InChI is InChI=1S/C19H19NO4/c1-13-5-3-7-16(9-13)12-24-17-8-4-6-15(10-17)11-18(19(22)23)20-14(2)21/h3-11H,12H2,1-2H3,(H,20,21)(H,22,23)/b18-11+. The van der Waals surface area contributed by atoms with Crippen LogP contribution in [0.3, 0.4) is 0 Å². The fraction of sp³-hybridized carbons (Fsp3) is 0.158. The molecule has 0 aliphatic rings.